The number of halogens is 1. The van der Waals surface area contributed by atoms with Gasteiger partial charge in [-0.2, -0.15) is 0 Å². The lowest BCUT2D eigenvalue weighted by Crippen LogP contribution is -2.25. The third kappa shape index (κ3) is 10.6. The quantitative estimate of drug-likeness (QED) is 0.120. The van der Waals surface area contributed by atoms with E-state index in [0.717, 1.165) is 63.6 Å². The molecule has 264 valence electrons. The number of benzene rings is 3. The number of hydrogen-bond acceptors (Lipinski definition) is 9. The Morgan fingerprint density at radius 2 is 1.28 bits per heavy atom. The van der Waals surface area contributed by atoms with Gasteiger partial charge in [0, 0.05) is 44.2 Å². The largest absolute Gasteiger partial charge is 0.492 e. The van der Waals surface area contributed by atoms with Crippen molar-refractivity contribution >= 4 is 62.7 Å². The van der Waals surface area contributed by atoms with Crippen LogP contribution in [0.15, 0.2) is 66.7 Å². The smallest absolute Gasteiger partial charge is 0.414 e. The minimum Gasteiger partial charge on any atom is -0.492 e. The highest BCUT2D eigenvalue weighted by Crippen LogP contribution is 2.40. The van der Waals surface area contributed by atoms with Gasteiger partial charge >= 0.3 is 23.9 Å². The van der Waals surface area contributed by atoms with E-state index in [1.54, 1.807) is 11.3 Å². The molecule has 0 aliphatic carbocycles. The number of nitrogens with zero attached hydrogens (tertiary/aromatic N) is 2. The zero-order valence-electron chi connectivity index (χ0n) is 27.0. The minimum absolute atomic E-state index is 0.0120. The molecule has 2 aliphatic heterocycles. The standard InChI is InChI=1S/C32H33ClN2O2S.2C2H2O4/c33-28-21-24(9-10-25(28)22-35-17-5-6-18-35)31(36)30-27-7-1-2-8-29(27)38-32(30)23-11-13-26(14-12-23)37-20-19-34-15-3-4-16-34;2*3-1(4)2(5)6/h1-2,7-14,21H,3-6,15-20,22H2;2*(H,3,4)(H,5,6). The SMILES string of the molecule is O=C(O)C(=O)O.O=C(O)C(=O)O.O=C(c1ccc(CN2CCCC2)c(Cl)c1)c1c(-c2ccc(OCCN3CCCC3)cc2)sc2ccccc12. The maximum absolute atomic E-state index is 14.0. The van der Waals surface area contributed by atoms with Gasteiger partial charge in [0.05, 0.1) is 0 Å². The third-order valence-corrected chi connectivity index (χ3v) is 9.66. The highest BCUT2D eigenvalue weighted by molar-refractivity contribution is 7.22. The van der Waals surface area contributed by atoms with Gasteiger partial charge < -0.3 is 25.2 Å². The lowest BCUT2D eigenvalue weighted by Gasteiger charge is -2.16. The molecule has 0 amide bonds. The van der Waals surface area contributed by atoms with Crippen LogP contribution < -0.4 is 4.74 Å². The summed E-state index contributed by atoms with van der Waals surface area (Å²) >= 11 is 8.36. The Labute approximate surface area is 297 Å². The molecule has 6 rings (SSSR count). The van der Waals surface area contributed by atoms with Gasteiger partial charge in [-0.05, 0) is 99.4 Å². The predicted molar refractivity (Wildman–Crippen MR) is 188 cm³/mol. The summed E-state index contributed by atoms with van der Waals surface area (Å²) in [6, 6.07) is 22.1. The molecule has 14 heteroatoms. The van der Waals surface area contributed by atoms with Crippen molar-refractivity contribution in [3.63, 3.8) is 0 Å². The van der Waals surface area contributed by atoms with Crippen LogP contribution in [-0.2, 0) is 25.7 Å². The van der Waals surface area contributed by atoms with Crippen LogP contribution >= 0.6 is 22.9 Å². The molecule has 0 saturated carbocycles. The molecule has 2 fully saturated rings. The van der Waals surface area contributed by atoms with E-state index in [1.165, 1.54) is 38.8 Å². The van der Waals surface area contributed by atoms with Gasteiger partial charge in [0.15, 0.2) is 5.78 Å². The number of carbonyl (C=O) groups excluding carboxylic acids is 1. The number of carboxylic acid groups (broad SMARTS) is 4. The Morgan fingerprint density at radius 3 is 1.84 bits per heavy atom. The van der Waals surface area contributed by atoms with Crippen molar-refractivity contribution in [1.82, 2.24) is 9.80 Å². The fraction of sp³-hybridized carbons (Fsp3) is 0.306. The third-order valence-electron chi connectivity index (χ3n) is 8.09. The Morgan fingerprint density at radius 1 is 0.720 bits per heavy atom. The molecule has 3 heterocycles. The summed E-state index contributed by atoms with van der Waals surface area (Å²) in [7, 11) is 0. The number of carboxylic acids is 4. The fourth-order valence-corrected chi connectivity index (χ4v) is 7.06. The number of ether oxygens (including phenoxy) is 1. The summed E-state index contributed by atoms with van der Waals surface area (Å²) < 4.78 is 7.12. The van der Waals surface area contributed by atoms with E-state index in [1.807, 2.05) is 48.5 Å². The second-order valence-electron chi connectivity index (χ2n) is 11.6. The number of hydrogen-bond donors (Lipinski definition) is 4. The normalized spacial score (nSPS) is 14.3. The van der Waals surface area contributed by atoms with Crippen LogP contribution in [0.25, 0.3) is 20.5 Å². The molecule has 1 aromatic heterocycles. The second kappa shape index (κ2) is 18.3. The Kier molecular flexibility index (Phi) is 13.9. The highest BCUT2D eigenvalue weighted by atomic mass is 35.5. The van der Waals surface area contributed by atoms with E-state index < -0.39 is 23.9 Å². The molecular weight excluding hydrogens is 688 g/mol. The van der Waals surface area contributed by atoms with Crippen molar-refractivity contribution in [3.8, 4) is 16.2 Å². The van der Waals surface area contributed by atoms with Crippen LogP contribution in [0.2, 0.25) is 5.02 Å². The van der Waals surface area contributed by atoms with Gasteiger partial charge in [-0.15, -0.1) is 11.3 Å². The van der Waals surface area contributed by atoms with Crippen LogP contribution in [-0.4, -0.2) is 99.2 Å². The van der Waals surface area contributed by atoms with E-state index in [0.29, 0.717) is 17.2 Å². The molecule has 3 aromatic carbocycles. The van der Waals surface area contributed by atoms with Crippen molar-refractivity contribution in [2.45, 2.75) is 32.2 Å². The predicted octanol–water partition coefficient (Wildman–Crippen LogP) is 5.83. The fourth-order valence-electron chi connectivity index (χ4n) is 5.62. The van der Waals surface area contributed by atoms with Crippen LogP contribution in [0, 0.1) is 0 Å². The maximum atomic E-state index is 14.0. The van der Waals surface area contributed by atoms with E-state index in [4.69, 9.17) is 55.9 Å². The van der Waals surface area contributed by atoms with Crippen molar-refractivity contribution in [2.75, 3.05) is 39.3 Å². The number of aliphatic carboxylic acids is 4. The van der Waals surface area contributed by atoms with Crippen LogP contribution in [0.3, 0.4) is 0 Å². The van der Waals surface area contributed by atoms with Crippen molar-refractivity contribution < 1.29 is 49.1 Å². The zero-order valence-corrected chi connectivity index (χ0v) is 28.6. The lowest BCUT2D eigenvalue weighted by atomic mass is 9.97. The number of fused-ring (bicyclic) bond motifs is 1. The van der Waals surface area contributed by atoms with E-state index in [9.17, 15) is 4.79 Å². The maximum Gasteiger partial charge on any atom is 0.414 e. The average molecular weight is 725 g/mol. The molecule has 12 nitrogen and oxygen atoms in total. The molecule has 0 unspecified atom stereocenters. The Balaban J connectivity index is 0.000000404. The van der Waals surface area contributed by atoms with Crippen LogP contribution in [0.4, 0.5) is 0 Å². The van der Waals surface area contributed by atoms with Gasteiger partial charge in [-0.3, -0.25) is 14.6 Å². The summed E-state index contributed by atoms with van der Waals surface area (Å²) in [6.07, 6.45) is 5.07. The first kappa shape index (κ1) is 38.0. The zero-order chi connectivity index (χ0) is 36.2. The van der Waals surface area contributed by atoms with Gasteiger partial charge in [0.2, 0.25) is 0 Å². The molecule has 4 aromatic rings. The van der Waals surface area contributed by atoms with Crippen LogP contribution in [0.5, 0.6) is 5.75 Å². The summed E-state index contributed by atoms with van der Waals surface area (Å²) in [5.74, 6) is -6.42. The van der Waals surface area contributed by atoms with Gasteiger partial charge in [0.1, 0.15) is 12.4 Å². The molecule has 0 bridgehead atoms. The Bertz CT molecular complexity index is 1780. The number of thiophene rings is 1. The summed E-state index contributed by atoms with van der Waals surface area (Å²) in [5, 5.41) is 31.2. The Hall–Kier alpha value is -4.82. The number of carbonyl (C=O) groups is 5. The van der Waals surface area contributed by atoms with E-state index in [-0.39, 0.29) is 5.78 Å². The second-order valence-corrected chi connectivity index (χ2v) is 13.0. The van der Waals surface area contributed by atoms with E-state index in [2.05, 4.69) is 28.0 Å². The first-order valence-corrected chi connectivity index (χ1v) is 17.1. The van der Waals surface area contributed by atoms with Gasteiger partial charge in [-0.25, -0.2) is 19.2 Å². The lowest BCUT2D eigenvalue weighted by molar-refractivity contribution is -0.159. The average Bonchev–Trinajstić information content (AvgIpc) is 3.88. The number of ketones is 1. The summed E-state index contributed by atoms with van der Waals surface area (Å²) in [4.78, 5) is 56.2. The number of rotatable bonds is 9. The molecule has 50 heavy (non-hydrogen) atoms. The van der Waals surface area contributed by atoms with Crippen LogP contribution in [0.1, 0.15) is 47.2 Å². The first-order chi connectivity index (χ1) is 23.9. The molecule has 0 radical (unpaired) electrons. The monoisotopic (exact) mass is 724 g/mol. The van der Waals surface area contributed by atoms with Gasteiger partial charge in [0.25, 0.3) is 0 Å². The van der Waals surface area contributed by atoms with Gasteiger partial charge in [-0.1, -0.05) is 41.9 Å². The number of likely N-dealkylation sites (tertiary alicyclic amines) is 2. The summed E-state index contributed by atoms with van der Waals surface area (Å²) in [5.41, 5.74) is 3.49. The molecule has 2 aliphatic rings. The first-order valence-electron chi connectivity index (χ1n) is 15.9. The minimum atomic E-state index is -1.82. The topological polar surface area (TPSA) is 182 Å². The molecular formula is C36H37ClN2O10S. The highest BCUT2D eigenvalue weighted by Gasteiger charge is 2.23. The van der Waals surface area contributed by atoms with Crippen molar-refractivity contribution in [3.05, 3.63) is 88.4 Å². The molecule has 4 N–H and O–H groups in total. The molecule has 0 spiro atoms. The van der Waals surface area contributed by atoms with E-state index >= 15 is 0 Å². The summed E-state index contributed by atoms with van der Waals surface area (Å²) in [6.45, 7) is 7.09. The molecule has 2 saturated heterocycles. The van der Waals surface area contributed by atoms with Crippen molar-refractivity contribution in [2.24, 2.45) is 0 Å². The molecule has 0 atom stereocenters. The van der Waals surface area contributed by atoms with Crippen molar-refractivity contribution in [1.29, 1.82) is 0 Å².